The highest BCUT2D eigenvalue weighted by molar-refractivity contribution is 5.76. The molecule has 0 radical (unpaired) electrons. The number of likely N-dealkylation sites (tertiary alicyclic amines) is 1. The number of nitrogens with zero attached hydrogens (tertiary/aromatic N) is 1. The van der Waals surface area contributed by atoms with Crippen molar-refractivity contribution in [2.45, 2.75) is 51.7 Å². The third kappa shape index (κ3) is 5.06. The Balaban J connectivity index is 2.49. The predicted octanol–water partition coefficient (Wildman–Crippen LogP) is 1.04. The molecule has 1 aliphatic heterocycles. The van der Waals surface area contributed by atoms with Crippen molar-refractivity contribution in [1.29, 1.82) is 0 Å². The number of aliphatic hydroxyl groups excluding tert-OH is 1. The summed E-state index contributed by atoms with van der Waals surface area (Å²) in [7, 11) is 0. The van der Waals surface area contributed by atoms with Crippen molar-refractivity contribution in [2.75, 3.05) is 13.1 Å². The molecule has 19 heavy (non-hydrogen) atoms. The smallest absolute Gasteiger partial charge is 0.317 e. The number of carboxylic acids is 1. The highest BCUT2D eigenvalue weighted by atomic mass is 16.4. The van der Waals surface area contributed by atoms with Gasteiger partial charge in [-0.15, -0.1) is 0 Å². The normalized spacial score (nSPS) is 24.9. The molecular formula is C13H24N2O4. The standard InChI is InChI=1S/C13H24N2O4/c1-3-4-10(7-12(17)18)14-13(19)15-6-5-9(2)11(16)8-15/h9-11,16H,3-8H2,1-2H3,(H,14,19)(H,17,18). The van der Waals surface area contributed by atoms with Crippen molar-refractivity contribution in [3.63, 3.8) is 0 Å². The van der Waals surface area contributed by atoms with Crippen LogP contribution in [0.3, 0.4) is 0 Å². The van der Waals surface area contributed by atoms with Crippen molar-refractivity contribution < 1.29 is 19.8 Å². The molecule has 6 nitrogen and oxygen atoms in total. The van der Waals surface area contributed by atoms with Crippen molar-refractivity contribution in [3.8, 4) is 0 Å². The lowest BCUT2D eigenvalue weighted by Crippen LogP contribution is -2.52. The molecule has 0 aromatic carbocycles. The summed E-state index contributed by atoms with van der Waals surface area (Å²) in [6.45, 7) is 4.84. The molecule has 1 aliphatic rings. The quantitative estimate of drug-likeness (QED) is 0.697. The predicted molar refractivity (Wildman–Crippen MR) is 70.8 cm³/mol. The summed E-state index contributed by atoms with van der Waals surface area (Å²) < 4.78 is 0. The van der Waals surface area contributed by atoms with Crippen LogP contribution in [0, 0.1) is 5.92 Å². The molecule has 3 atom stereocenters. The van der Waals surface area contributed by atoms with Crippen molar-refractivity contribution in [2.24, 2.45) is 5.92 Å². The van der Waals surface area contributed by atoms with Gasteiger partial charge in [-0.1, -0.05) is 20.3 Å². The maximum absolute atomic E-state index is 12.0. The van der Waals surface area contributed by atoms with E-state index in [1.165, 1.54) is 0 Å². The van der Waals surface area contributed by atoms with E-state index < -0.39 is 12.1 Å². The van der Waals surface area contributed by atoms with Crippen molar-refractivity contribution in [3.05, 3.63) is 0 Å². The molecule has 3 unspecified atom stereocenters. The minimum atomic E-state index is -0.911. The second kappa shape index (κ2) is 7.33. The zero-order chi connectivity index (χ0) is 14.4. The number of aliphatic carboxylic acids is 1. The third-order valence-corrected chi connectivity index (χ3v) is 3.59. The molecule has 0 saturated carbocycles. The van der Waals surface area contributed by atoms with Crippen LogP contribution < -0.4 is 5.32 Å². The van der Waals surface area contributed by atoms with E-state index in [0.717, 1.165) is 12.8 Å². The van der Waals surface area contributed by atoms with Gasteiger partial charge in [0.15, 0.2) is 0 Å². The van der Waals surface area contributed by atoms with Gasteiger partial charge in [0.25, 0.3) is 0 Å². The van der Waals surface area contributed by atoms with Crippen LogP contribution in [0.1, 0.15) is 39.5 Å². The average Bonchev–Trinajstić information content (AvgIpc) is 2.32. The second-order valence-corrected chi connectivity index (χ2v) is 5.31. The molecule has 110 valence electrons. The summed E-state index contributed by atoms with van der Waals surface area (Å²) in [5.74, 6) is -0.708. The Kier molecular flexibility index (Phi) is 6.08. The Hall–Kier alpha value is -1.30. The van der Waals surface area contributed by atoms with Crippen LogP contribution in [0.2, 0.25) is 0 Å². The van der Waals surface area contributed by atoms with E-state index >= 15 is 0 Å². The maximum atomic E-state index is 12.0. The monoisotopic (exact) mass is 272 g/mol. The first-order valence-corrected chi connectivity index (χ1v) is 6.89. The van der Waals surface area contributed by atoms with Gasteiger partial charge in [-0.25, -0.2) is 4.79 Å². The van der Waals surface area contributed by atoms with Gasteiger partial charge in [0, 0.05) is 19.1 Å². The molecule has 2 amide bonds. The number of rotatable bonds is 5. The van der Waals surface area contributed by atoms with E-state index in [1.807, 2.05) is 13.8 Å². The van der Waals surface area contributed by atoms with Gasteiger partial charge in [-0.2, -0.15) is 0 Å². The Bertz CT molecular complexity index is 322. The van der Waals surface area contributed by atoms with E-state index in [4.69, 9.17) is 5.11 Å². The summed E-state index contributed by atoms with van der Waals surface area (Å²) >= 11 is 0. The summed E-state index contributed by atoms with van der Waals surface area (Å²) in [4.78, 5) is 24.3. The molecule has 1 saturated heterocycles. The van der Waals surface area contributed by atoms with Crippen LogP contribution in [-0.2, 0) is 4.79 Å². The van der Waals surface area contributed by atoms with Crippen LogP contribution in [0.15, 0.2) is 0 Å². The Morgan fingerprint density at radius 3 is 2.68 bits per heavy atom. The van der Waals surface area contributed by atoms with Gasteiger partial charge < -0.3 is 20.4 Å². The van der Waals surface area contributed by atoms with Crippen LogP contribution in [-0.4, -0.2) is 52.3 Å². The minimum Gasteiger partial charge on any atom is -0.481 e. The average molecular weight is 272 g/mol. The van der Waals surface area contributed by atoms with Gasteiger partial charge in [0.05, 0.1) is 12.5 Å². The summed E-state index contributed by atoms with van der Waals surface area (Å²) in [6, 6.07) is -0.614. The molecular weight excluding hydrogens is 248 g/mol. The van der Waals surface area contributed by atoms with E-state index in [9.17, 15) is 14.7 Å². The number of piperidine rings is 1. The van der Waals surface area contributed by atoms with E-state index in [0.29, 0.717) is 19.5 Å². The van der Waals surface area contributed by atoms with E-state index in [2.05, 4.69) is 5.32 Å². The number of β-amino-alcohol motifs (C(OH)–C–C–N with tert-alkyl or cyclic N) is 1. The lowest BCUT2D eigenvalue weighted by atomic mass is 9.96. The summed E-state index contributed by atoms with van der Waals surface area (Å²) in [5.41, 5.74) is 0. The molecule has 1 rings (SSSR count). The van der Waals surface area contributed by atoms with Crippen LogP contribution >= 0.6 is 0 Å². The number of carboxylic acid groups (broad SMARTS) is 1. The fourth-order valence-electron chi connectivity index (χ4n) is 2.28. The lowest BCUT2D eigenvalue weighted by molar-refractivity contribution is -0.137. The molecule has 1 fully saturated rings. The largest absolute Gasteiger partial charge is 0.481 e. The van der Waals surface area contributed by atoms with E-state index in [1.54, 1.807) is 4.90 Å². The minimum absolute atomic E-state index is 0.0631. The summed E-state index contributed by atoms with van der Waals surface area (Å²) in [6.07, 6.45) is 1.67. The van der Waals surface area contributed by atoms with Gasteiger partial charge in [-0.05, 0) is 18.8 Å². The van der Waals surface area contributed by atoms with Crippen LogP contribution in [0.4, 0.5) is 4.79 Å². The number of nitrogens with one attached hydrogen (secondary N) is 1. The number of aliphatic hydroxyl groups is 1. The molecule has 0 spiro atoms. The molecule has 0 aromatic rings. The first-order chi connectivity index (χ1) is 8.93. The molecule has 1 heterocycles. The van der Waals surface area contributed by atoms with Crippen molar-refractivity contribution >= 4 is 12.0 Å². The zero-order valence-corrected chi connectivity index (χ0v) is 11.6. The maximum Gasteiger partial charge on any atom is 0.317 e. The third-order valence-electron chi connectivity index (χ3n) is 3.59. The van der Waals surface area contributed by atoms with Gasteiger partial charge >= 0.3 is 12.0 Å². The van der Waals surface area contributed by atoms with Gasteiger partial charge in [-0.3, -0.25) is 4.79 Å². The second-order valence-electron chi connectivity index (χ2n) is 5.31. The molecule has 0 aliphatic carbocycles. The van der Waals surface area contributed by atoms with Gasteiger partial charge in [0.1, 0.15) is 0 Å². The first kappa shape index (κ1) is 15.8. The fraction of sp³-hybridized carbons (Fsp3) is 0.846. The van der Waals surface area contributed by atoms with Crippen LogP contribution in [0.5, 0.6) is 0 Å². The van der Waals surface area contributed by atoms with E-state index in [-0.39, 0.29) is 24.4 Å². The number of hydrogen-bond donors (Lipinski definition) is 3. The number of urea groups is 1. The summed E-state index contributed by atoms with van der Waals surface area (Å²) in [5, 5.41) is 21.3. The topological polar surface area (TPSA) is 89.9 Å². The number of carbonyl (C=O) groups is 2. The zero-order valence-electron chi connectivity index (χ0n) is 11.6. The fourth-order valence-corrected chi connectivity index (χ4v) is 2.28. The van der Waals surface area contributed by atoms with Crippen molar-refractivity contribution in [1.82, 2.24) is 10.2 Å². The number of amides is 2. The van der Waals surface area contributed by atoms with Gasteiger partial charge in [0.2, 0.25) is 0 Å². The number of carbonyl (C=O) groups excluding carboxylic acids is 1. The number of hydrogen-bond acceptors (Lipinski definition) is 3. The molecule has 6 heteroatoms. The highest BCUT2D eigenvalue weighted by Gasteiger charge is 2.28. The van der Waals surface area contributed by atoms with Crippen LogP contribution in [0.25, 0.3) is 0 Å². The molecule has 0 aromatic heterocycles. The highest BCUT2D eigenvalue weighted by Crippen LogP contribution is 2.17. The Morgan fingerprint density at radius 1 is 1.47 bits per heavy atom. The first-order valence-electron chi connectivity index (χ1n) is 6.89. The molecule has 3 N–H and O–H groups in total. The Labute approximate surface area is 113 Å². The lowest BCUT2D eigenvalue weighted by Gasteiger charge is -2.35. The SMILES string of the molecule is CCCC(CC(=O)O)NC(=O)N1CCC(C)C(O)C1. The molecule has 0 bridgehead atoms. The Morgan fingerprint density at radius 2 is 2.16 bits per heavy atom.